The molecule has 0 bridgehead atoms. The van der Waals surface area contributed by atoms with Crippen molar-refractivity contribution in [2.75, 3.05) is 4.72 Å². The zero-order valence-corrected chi connectivity index (χ0v) is 12.4. The second-order valence-corrected chi connectivity index (χ2v) is 6.47. The Bertz CT molecular complexity index is 724. The minimum Gasteiger partial charge on any atom is -0.280 e. The monoisotopic (exact) mass is 364 g/mol. The molecule has 0 amide bonds. The molecule has 4 nitrogen and oxygen atoms in total. The Hall–Kier alpha value is -1.18. The van der Waals surface area contributed by atoms with Gasteiger partial charge in [-0.2, -0.15) is 0 Å². The van der Waals surface area contributed by atoms with Gasteiger partial charge >= 0.3 is 0 Å². The SMILES string of the molecule is O=S(=O)(Nc1ccc(F)c(Br)c1)c1ccnc(Cl)c1. The van der Waals surface area contributed by atoms with Crippen molar-refractivity contribution in [1.82, 2.24) is 4.98 Å². The Morgan fingerprint density at radius 2 is 2.00 bits per heavy atom. The van der Waals surface area contributed by atoms with E-state index in [1.165, 1.54) is 30.5 Å². The van der Waals surface area contributed by atoms with Gasteiger partial charge in [0.15, 0.2) is 0 Å². The molecule has 1 aromatic carbocycles. The Labute approximate surface area is 122 Å². The number of anilines is 1. The van der Waals surface area contributed by atoms with E-state index < -0.39 is 15.8 Å². The molecular formula is C11H7BrClFN2O2S. The Morgan fingerprint density at radius 3 is 2.63 bits per heavy atom. The average Bonchev–Trinajstić information content (AvgIpc) is 2.33. The van der Waals surface area contributed by atoms with Crippen LogP contribution in [0.1, 0.15) is 0 Å². The van der Waals surface area contributed by atoms with E-state index >= 15 is 0 Å². The molecule has 0 saturated heterocycles. The van der Waals surface area contributed by atoms with Crippen molar-refractivity contribution < 1.29 is 12.8 Å². The van der Waals surface area contributed by atoms with Crippen LogP contribution in [0.2, 0.25) is 5.15 Å². The number of nitrogens with one attached hydrogen (secondary N) is 1. The number of sulfonamides is 1. The topological polar surface area (TPSA) is 59.1 Å². The van der Waals surface area contributed by atoms with E-state index in [-0.39, 0.29) is 20.2 Å². The minimum absolute atomic E-state index is 0.0204. The van der Waals surface area contributed by atoms with Gasteiger partial charge in [0, 0.05) is 6.20 Å². The van der Waals surface area contributed by atoms with E-state index in [9.17, 15) is 12.8 Å². The van der Waals surface area contributed by atoms with Gasteiger partial charge in [0.2, 0.25) is 0 Å². The Balaban J connectivity index is 2.33. The highest BCUT2D eigenvalue weighted by molar-refractivity contribution is 9.10. The van der Waals surface area contributed by atoms with Crippen molar-refractivity contribution in [3.8, 4) is 0 Å². The van der Waals surface area contributed by atoms with Crippen LogP contribution in [-0.4, -0.2) is 13.4 Å². The first-order valence-electron chi connectivity index (χ1n) is 4.98. The third kappa shape index (κ3) is 3.43. The zero-order chi connectivity index (χ0) is 14.0. The van der Waals surface area contributed by atoms with E-state index in [1.54, 1.807) is 0 Å². The van der Waals surface area contributed by atoms with Gasteiger partial charge < -0.3 is 0 Å². The lowest BCUT2D eigenvalue weighted by atomic mass is 10.3. The van der Waals surface area contributed by atoms with Crippen LogP contribution in [0, 0.1) is 5.82 Å². The summed E-state index contributed by atoms with van der Waals surface area (Å²) >= 11 is 8.62. The third-order valence-corrected chi connectivity index (χ3v) is 4.37. The quantitative estimate of drug-likeness (QED) is 0.848. The fraction of sp³-hybridized carbons (Fsp3) is 0. The predicted octanol–water partition coefficient (Wildman–Crippen LogP) is 3.44. The van der Waals surface area contributed by atoms with Crippen molar-refractivity contribution in [2.24, 2.45) is 0 Å². The van der Waals surface area contributed by atoms with Gasteiger partial charge in [-0.15, -0.1) is 0 Å². The molecule has 100 valence electrons. The van der Waals surface area contributed by atoms with Crippen LogP contribution in [-0.2, 0) is 10.0 Å². The summed E-state index contributed by atoms with van der Waals surface area (Å²) in [5, 5.41) is 0.0724. The molecule has 0 aliphatic heterocycles. The van der Waals surface area contributed by atoms with E-state index in [2.05, 4.69) is 25.6 Å². The molecule has 8 heteroatoms. The molecule has 0 aliphatic carbocycles. The van der Waals surface area contributed by atoms with Crippen molar-refractivity contribution in [3.63, 3.8) is 0 Å². The molecule has 0 spiro atoms. The largest absolute Gasteiger partial charge is 0.280 e. The molecule has 2 aromatic rings. The number of halogens is 3. The number of benzene rings is 1. The van der Waals surface area contributed by atoms with E-state index in [4.69, 9.17) is 11.6 Å². The van der Waals surface area contributed by atoms with E-state index in [1.807, 2.05) is 0 Å². The average molecular weight is 366 g/mol. The number of hydrogen-bond donors (Lipinski definition) is 1. The molecule has 0 aliphatic rings. The summed E-state index contributed by atoms with van der Waals surface area (Å²) in [4.78, 5) is 3.68. The number of aromatic nitrogens is 1. The van der Waals surface area contributed by atoms with Crippen molar-refractivity contribution in [2.45, 2.75) is 4.90 Å². The fourth-order valence-corrected chi connectivity index (χ4v) is 3.00. The number of rotatable bonds is 3. The molecular weight excluding hydrogens is 359 g/mol. The standard InChI is InChI=1S/C11H7BrClFN2O2S/c12-9-5-7(1-2-10(9)14)16-19(17,18)8-3-4-15-11(13)6-8/h1-6,16H. The van der Waals surface area contributed by atoms with Crippen LogP contribution >= 0.6 is 27.5 Å². The van der Waals surface area contributed by atoms with Gasteiger partial charge in [-0.3, -0.25) is 4.72 Å². The summed E-state index contributed by atoms with van der Waals surface area (Å²) in [5.74, 6) is -0.477. The van der Waals surface area contributed by atoms with Gasteiger partial charge in [0.25, 0.3) is 10.0 Å². The molecule has 19 heavy (non-hydrogen) atoms. The predicted molar refractivity (Wildman–Crippen MR) is 74.2 cm³/mol. The molecule has 1 N–H and O–H groups in total. The Kier molecular flexibility index (Phi) is 4.07. The number of nitrogens with zero attached hydrogens (tertiary/aromatic N) is 1. The fourth-order valence-electron chi connectivity index (χ4n) is 1.33. The highest BCUT2D eigenvalue weighted by Gasteiger charge is 2.15. The molecule has 0 atom stereocenters. The molecule has 1 heterocycles. The van der Waals surface area contributed by atoms with Gasteiger partial charge in [-0.05, 0) is 46.3 Å². The minimum atomic E-state index is -3.78. The van der Waals surface area contributed by atoms with Gasteiger partial charge in [0.05, 0.1) is 15.1 Å². The Morgan fingerprint density at radius 1 is 1.26 bits per heavy atom. The lowest BCUT2D eigenvalue weighted by molar-refractivity contribution is 0.600. The van der Waals surface area contributed by atoms with E-state index in [0.717, 1.165) is 6.07 Å². The first-order chi connectivity index (χ1) is 8.88. The van der Waals surface area contributed by atoms with Crippen molar-refractivity contribution >= 4 is 43.2 Å². The molecule has 0 radical (unpaired) electrons. The van der Waals surface area contributed by atoms with Gasteiger partial charge in [-0.1, -0.05) is 11.6 Å². The maximum atomic E-state index is 13.1. The maximum Gasteiger partial charge on any atom is 0.262 e. The molecule has 0 unspecified atom stereocenters. The second-order valence-electron chi connectivity index (χ2n) is 3.55. The van der Waals surface area contributed by atoms with Crippen LogP contribution in [0.5, 0.6) is 0 Å². The molecule has 0 saturated carbocycles. The highest BCUT2D eigenvalue weighted by atomic mass is 79.9. The smallest absolute Gasteiger partial charge is 0.262 e. The van der Waals surface area contributed by atoms with Crippen LogP contribution in [0.15, 0.2) is 45.9 Å². The van der Waals surface area contributed by atoms with Gasteiger partial charge in [0.1, 0.15) is 11.0 Å². The number of hydrogen-bond acceptors (Lipinski definition) is 3. The van der Waals surface area contributed by atoms with Crippen LogP contribution in [0.25, 0.3) is 0 Å². The van der Waals surface area contributed by atoms with E-state index in [0.29, 0.717) is 0 Å². The second kappa shape index (κ2) is 5.44. The normalized spacial score (nSPS) is 11.3. The van der Waals surface area contributed by atoms with Crippen molar-refractivity contribution in [3.05, 3.63) is 52.0 Å². The van der Waals surface area contributed by atoms with Crippen LogP contribution < -0.4 is 4.72 Å². The summed E-state index contributed by atoms with van der Waals surface area (Å²) in [6.45, 7) is 0. The van der Waals surface area contributed by atoms with Crippen molar-refractivity contribution in [1.29, 1.82) is 0 Å². The number of pyridine rings is 1. The zero-order valence-electron chi connectivity index (χ0n) is 9.27. The molecule has 1 aromatic heterocycles. The van der Waals surface area contributed by atoms with Gasteiger partial charge in [-0.25, -0.2) is 17.8 Å². The highest BCUT2D eigenvalue weighted by Crippen LogP contribution is 2.23. The summed E-state index contributed by atoms with van der Waals surface area (Å²) in [7, 11) is -3.78. The molecule has 0 fully saturated rings. The lowest BCUT2D eigenvalue weighted by Crippen LogP contribution is -2.13. The summed E-state index contributed by atoms with van der Waals surface area (Å²) < 4.78 is 39.6. The first kappa shape index (κ1) is 14.2. The van der Waals surface area contributed by atoms with Crippen LogP contribution in [0.4, 0.5) is 10.1 Å². The lowest BCUT2D eigenvalue weighted by Gasteiger charge is -2.08. The summed E-state index contributed by atoms with van der Waals surface area (Å²) in [5.41, 5.74) is 0.237. The van der Waals surface area contributed by atoms with Crippen LogP contribution in [0.3, 0.4) is 0 Å². The summed E-state index contributed by atoms with van der Waals surface area (Å²) in [6.07, 6.45) is 1.29. The molecule has 2 rings (SSSR count). The first-order valence-corrected chi connectivity index (χ1v) is 7.63. The third-order valence-electron chi connectivity index (χ3n) is 2.18. The summed E-state index contributed by atoms with van der Waals surface area (Å²) in [6, 6.07) is 6.34. The maximum absolute atomic E-state index is 13.1.